The summed E-state index contributed by atoms with van der Waals surface area (Å²) in [5, 5.41) is 11.0. The van der Waals surface area contributed by atoms with E-state index in [2.05, 4.69) is 4.99 Å². The molecule has 29 heavy (non-hydrogen) atoms. The Balaban J connectivity index is 2.64. The van der Waals surface area contributed by atoms with Gasteiger partial charge in [-0.25, -0.2) is 15.1 Å². The molecule has 3 amide bonds. The van der Waals surface area contributed by atoms with Crippen LogP contribution in [0.2, 0.25) is 0 Å². The second-order valence-corrected chi connectivity index (χ2v) is 6.20. The summed E-state index contributed by atoms with van der Waals surface area (Å²) in [6, 6.07) is -3.46. The van der Waals surface area contributed by atoms with Crippen molar-refractivity contribution in [3.05, 3.63) is 10.1 Å². The first-order valence-corrected chi connectivity index (χ1v) is 8.27. The van der Waals surface area contributed by atoms with Crippen LogP contribution in [0.15, 0.2) is 4.99 Å². The van der Waals surface area contributed by atoms with E-state index in [1.54, 1.807) is 10.7 Å². The van der Waals surface area contributed by atoms with E-state index < -0.39 is 53.0 Å². The summed E-state index contributed by atoms with van der Waals surface area (Å²) in [4.78, 5) is 49.8. The monoisotopic (exact) mass is 426 g/mol. The minimum Gasteiger partial charge on any atom is -0.368 e. The van der Waals surface area contributed by atoms with E-state index in [4.69, 9.17) is 17.2 Å². The molecule has 0 radical (unpaired) electrons. The van der Waals surface area contributed by atoms with Gasteiger partial charge in [0.15, 0.2) is 5.03 Å². The van der Waals surface area contributed by atoms with E-state index >= 15 is 0 Å². The molecule has 0 aromatic carbocycles. The summed E-state index contributed by atoms with van der Waals surface area (Å²) >= 11 is 0. The molecule has 0 bridgehead atoms. The van der Waals surface area contributed by atoms with Crippen LogP contribution in [0.4, 0.5) is 13.2 Å². The third-order valence-electron chi connectivity index (χ3n) is 3.98. The smallest absolute Gasteiger partial charge is 0.368 e. The zero-order valence-electron chi connectivity index (χ0n) is 15.0. The highest BCUT2D eigenvalue weighted by Crippen LogP contribution is 2.22. The Morgan fingerprint density at radius 1 is 1.31 bits per heavy atom. The molecule has 1 fully saturated rings. The van der Waals surface area contributed by atoms with Crippen LogP contribution < -0.4 is 27.9 Å². The molecule has 1 rings (SSSR count). The molecule has 0 aromatic heterocycles. The lowest BCUT2D eigenvalue weighted by Gasteiger charge is -2.25. The van der Waals surface area contributed by atoms with Crippen LogP contribution >= 0.6 is 0 Å². The number of halogens is 3. The normalized spacial score (nSPS) is 20.8. The van der Waals surface area contributed by atoms with Crippen LogP contribution in [-0.2, 0) is 14.4 Å². The number of carbonyl (C=O) groups excluding carboxylic acids is 3. The number of primary amides is 1. The number of alkyl halides is 3. The molecule has 1 aliphatic rings. The fourth-order valence-corrected chi connectivity index (χ4v) is 2.70. The Bertz CT molecular complexity index is 686. The summed E-state index contributed by atoms with van der Waals surface area (Å²) in [7, 11) is 0. The molecule has 0 aromatic rings. The van der Waals surface area contributed by atoms with Gasteiger partial charge < -0.3 is 27.4 Å². The first-order valence-electron chi connectivity index (χ1n) is 8.27. The predicted octanol–water partition coefficient (Wildman–Crippen LogP) is -2.68. The average molecular weight is 426 g/mol. The summed E-state index contributed by atoms with van der Waals surface area (Å²) in [5.74, 6) is -4.31. The fraction of sp³-hybridized carbons (Fsp3) is 0.692. The lowest BCUT2D eigenvalue weighted by atomic mass is 10.1. The molecule has 0 spiro atoms. The summed E-state index contributed by atoms with van der Waals surface area (Å²) in [6.07, 6.45) is -5.13. The van der Waals surface area contributed by atoms with E-state index in [0.29, 0.717) is 0 Å². The van der Waals surface area contributed by atoms with Crippen molar-refractivity contribution in [2.24, 2.45) is 22.2 Å². The number of nitrogens with zero attached hydrogens (tertiary/aromatic N) is 3. The van der Waals surface area contributed by atoms with E-state index in [9.17, 15) is 37.7 Å². The Hall–Kier alpha value is -3.17. The van der Waals surface area contributed by atoms with Gasteiger partial charge in [0.25, 0.3) is 5.96 Å². The van der Waals surface area contributed by atoms with Gasteiger partial charge >= 0.3 is 12.1 Å². The molecule has 1 heterocycles. The third kappa shape index (κ3) is 7.40. The molecule has 164 valence electrons. The largest absolute Gasteiger partial charge is 0.471 e. The lowest BCUT2D eigenvalue weighted by molar-refractivity contribution is -0.525. The maximum Gasteiger partial charge on any atom is 0.471 e. The highest BCUT2D eigenvalue weighted by molar-refractivity contribution is 5.90. The van der Waals surface area contributed by atoms with E-state index in [0.717, 1.165) is 4.90 Å². The SMILES string of the molecule is NC(=O)[C@@H]1C[C@@H](NC(=O)C(F)(F)F)CN1C(=O)[C@@H](N)CCCN=C(N)N[N+](=O)[O-]. The number of amides is 3. The quantitative estimate of drug-likeness (QED) is 0.0905. The summed E-state index contributed by atoms with van der Waals surface area (Å²) in [6.45, 7) is -0.350. The maximum atomic E-state index is 12.5. The van der Waals surface area contributed by atoms with Crippen molar-refractivity contribution in [1.82, 2.24) is 15.6 Å². The molecular formula is C13H21F3N8O5. The molecule has 16 heteroatoms. The first kappa shape index (κ1) is 23.9. The molecule has 1 saturated heterocycles. The topological polar surface area (TPSA) is 212 Å². The minimum atomic E-state index is -5.11. The van der Waals surface area contributed by atoms with Crippen molar-refractivity contribution in [2.45, 2.75) is 43.6 Å². The maximum absolute atomic E-state index is 12.5. The van der Waals surface area contributed by atoms with E-state index in [1.165, 1.54) is 0 Å². The van der Waals surface area contributed by atoms with Gasteiger partial charge in [0.05, 0.1) is 6.04 Å². The van der Waals surface area contributed by atoms with Crippen LogP contribution in [0, 0.1) is 10.1 Å². The van der Waals surface area contributed by atoms with Crippen LogP contribution in [0.5, 0.6) is 0 Å². The first-order chi connectivity index (χ1) is 13.3. The number of hydrogen-bond acceptors (Lipinski definition) is 7. The zero-order valence-corrected chi connectivity index (χ0v) is 15.0. The molecule has 1 aliphatic heterocycles. The van der Waals surface area contributed by atoms with Gasteiger partial charge in [-0.15, -0.1) is 0 Å². The molecule has 0 aliphatic carbocycles. The predicted molar refractivity (Wildman–Crippen MR) is 91.1 cm³/mol. The van der Waals surface area contributed by atoms with Gasteiger partial charge in [-0.3, -0.25) is 14.4 Å². The number of likely N-dealkylation sites (tertiary alicyclic amines) is 1. The van der Waals surface area contributed by atoms with Gasteiger partial charge in [0, 0.05) is 19.1 Å². The highest BCUT2D eigenvalue weighted by Gasteiger charge is 2.44. The van der Waals surface area contributed by atoms with Crippen LogP contribution in [0.1, 0.15) is 19.3 Å². The molecule has 0 saturated carbocycles. The number of nitro groups is 1. The molecular weight excluding hydrogens is 405 g/mol. The number of rotatable bonds is 8. The molecule has 8 N–H and O–H groups in total. The summed E-state index contributed by atoms with van der Waals surface area (Å²) < 4.78 is 37.1. The van der Waals surface area contributed by atoms with Gasteiger partial charge in [0.1, 0.15) is 6.04 Å². The van der Waals surface area contributed by atoms with Gasteiger partial charge in [0.2, 0.25) is 11.8 Å². The van der Waals surface area contributed by atoms with E-state index in [-0.39, 0.29) is 32.4 Å². The Morgan fingerprint density at radius 2 is 1.93 bits per heavy atom. The number of guanidine groups is 1. The lowest BCUT2D eigenvalue weighted by Crippen LogP contribution is -2.50. The summed E-state index contributed by atoms with van der Waals surface area (Å²) in [5.41, 5.74) is 17.8. The second-order valence-electron chi connectivity index (χ2n) is 6.20. The van der Waals surface area contributed by atoms with Crippen molar-refractivity contribution in [2.75, 3.05) is 13.1 Å². The molecule has 13 nitrogen and oxygen atoms in total. The van der Waals surface area contributed by atoms with Crippen molar-refractivity contribution >= 4 is 23.7 Å². The van der Waals surface area contributed by atoms with Crippen LogP contribution in [0.3, 0.4) is 0 Å². The van der Waals surface area contributed by atoms with E-state index in [1.807, 2.05) is 0 Å². The number of carbonyl (C=O) groups is 3. The van der Waals surface area contributed by atoms with Crippen molar-refractivity contribution in [1.29, 1.82) is 0 Å². The Kier molecular flexibility index (Phi) is 8.11. The van der Waals surface area contributed by atoms with Gasteiger partial charge in [-0.2, -0.15) is 13.2 Å². The number of aliphatic imine (C=N–C) groups is 1. The van der Waals surface area contributed by atoms with Crippen molar-refractivity contribution in [3.8, 4) is 0 Å². The highest BCUT2D eigenvalue weighted by atomic mass is 19.4. The van der Waals surface area contributed by atoms with Gasteiger partial charge in [-0.1, -0.05) is 5.43 Å². The Labute approximate surface area is 161 Å². The molecule has 0 unspecified atom stereocenters. The minimum absolute atomic E-state index is 0.0111. The van der Waals surface area contributed by atoms with Crippen molar-refractivity contribution in [3.63, 3.8) is 0 Å². The average Bonchev–Trinajstić information content (AvgIpc) is 3.00. The molecule has 3 atom stereocenters. The zero-order chi connectivity index (χ0) is 22.4. The number of nitrogens with two attached hydrogens (primary N) is 3. The van der Waals surface area contributed by atoms with Crippen LogP contribution in [0.25, 0.3) is 0 Å². The van der Waals surface area contributed by atoms with Crippen LogP contribution in [-0.4, -0.2) is 71.0 Å². The number of hydrazine groups is 1. The Morgan fingerprint density at radius 3 is 2.45 bits per heavy atom. The van der Waals surface area contributed by atoms with Crippen molar-refractivity contribution < 1.29 is 32.6 Å². The third-order valence-corrected chi connectivity index (χ3v) is 3.98. The van der Waals surface area contributed by atoms with Gasteiger partial charge in [-0.05, 0) is 19.3 Å². The standard InChI is InChI=1S/C13H21F3N8O5/c14-13(15,16)11(27)21-6-4-8(9(18)25)23(5-6)10(26)7(17)2-1-3-20-12(19)22-24(28)29/h6-8H,1-5,17H2,(H2,18,25)(H,21,27)(H3,19,20,22)/t6-,7+,8+/m1/s1. The number of nitrogens with one attached hydrogen (secondary N) is 2. The second kappa shape index (κ2) is 9.85. The fourth-order valence-electron chi connectivity index (χ4n) is 2.70. The number of hydrogen-bond donors (Lipinski definition) is 5.